The summed E-state index contributed by atoms with van der Waals surface area (Å²) in [7, 11) is 0. The van der Waals surface area contributed by atoms with E-state index in [4.69, 9.17) is 0 Å². The van der Waals surface area contributed by atoms with Gasteiger partial charge in [0.25, 0.3) is 5.56 Å². The lowest BCUT2D eigenvalue weighted by Gasteiger charge is -2.13. The van der Waals surface area contributed by atoms with E-state index in [1.807, 2.05) is 25.1 Å². The normalized spacial score (nSPS) is 11.0. The molecule has 0 radical (unpaired) electrons. The van der Waals surface area contributed by atoms with E-state index in [1.54, 1.807) is 22.8 Å². The molecule has 0 atom stereocenters. The molecule has 0 bridgehead atoms. The van der Waals surface area contributed by atoms with Crippen molar-refractivity contribution in [2.45, 2.75) is 44.2 Å². The topological polar surface area (TPSA) is 64.0 Å². The second-order valence-electron chi connectivity index (χ2n) is 7.04. The number of halogens is 1. The highest BCUT2D eigenvalue weighted by Gasteiger charge is 2.13. The Morgan fingerprint density at radius 2 is 1.87 bits per heavy atom. The Labute approximate surface area is 179 Å². The predicted octanol–water partition coefficient (Wildman–Crippen LogP) is 4.70. The van der Waals surface area contributed by atoms with Gasteiger partial charge in [0, 0.05) is 18.7 Å². The molecule has 158 valence electrons. The molecular weight excluding hydrogens is 401 g/mol. The summed E-state index contributed by atoms with van der Waals surface area (Å²) in [6, 6.07) is 13.1. The van der Waals surface area contributed by atoms with Crippen LogP contribution in [0.2, 0.25) is 0 Å². The molecule has 3 aromatic rings. The Morgan fingerprint density at radius 3 is 2.63 bits per heavy atom. The second kappa shape index (κ2) is 10.9. The number of fused-ring (bicyclic) bond motifs is 1. The van der Waals surface area contributed by atoms with Crippen molar-refractivity contribution < 1.29 is 9.18 Å². The summed E-state index contributed by atoms with van der Waals surface area (Å²) in [5.41, 5.74) is 1.08. The Kier molecular flexibility index (Phi) is 8.02. The number of benzene rings is 2. The molecule has 0 aliphatic rings. The lowest BCUT2D eigenvalue weighted by atomic mass is 10.2. The minimum atomic E-state index is -0.349. The zero-order chi connectivity index (χ0) is 21.3. The first-order valence-electron chi connectivity index (χ1n) is 10.3. The fraction of sp³-hybridized carbons (Fsp3) is 0.348. The smallest absolute Gasteiger partial charge is 0.266 e. The van der Waals surface area contributed by atoms with Crippen LogP contribution in [0.15, 0.2) is 58.5 Å². The van der Waals surface area contributed by atoms with Gasteiger partial charge in [-0.1, -0.05) is 37.2 Å². The Morgan fingerprint density at radius 1 is 1.10 bits per heavy atom. The summed E-state index contributed by atoms with van der Waals surface area (Å²) in [6.07, 6.45) is 4.17. The van der Waals surface area contributed by atoms with Crippen LogP contribution < -0.4 is 10.9 Å². The monoisotopic (exact) mass is 427 g/mol. The molecule has 7 heteroatoms. The van der Waals surface area contributed by atoms with Gasteiger partial charge in [0.05, 0.1) is 16.6 Å². The van der Waals surface area contributed by atoms with Crippen molar-refractivity contribution in [1.29, 1.82) is 0 Å². The van der Waals surface area contributed by atoms with Gasteiger partial charge in [0.1, 0.15) is 5.82 Å². The number of thioether (sulfide) groups is 1. The van der Waals surface area contributed by atoms with Crippen molar-refractivity contribution in [1.82, 2.24) is 14.9 Å². The van der Waals surface area contributed by atoms with Gasteiger partial charge in [-0.2, -0.15) is 0 Å². The number of hydrogen-bond donors (Lipinski definition) is 1. The number of carbonyl (C=O) groups excluding carboxylic acids is 1. The number of hydrogen-bond acceptors (Lipinski definition) is 4. The van der Waals surface area contributed by atoms with Crippen LogP contribution in [0.1, 0.15) is 39.0 Å². The van der Waals surface area contributed by atoms with Crippen molar-refractivity contribution in [3.63, 3.8) is 0 Å². The van der Waals surface area contributed by atoms with Crippen molar-refractivity contribution >= 4 is 28.6 Å². The summed E-state index contributed by atoms with van der Waals surface area (Å²) in [5.74, 6) is 0.534. The Balaban J connectivity index is 1.70. The van der Waals surface area contributed by atoms with Crippen molar-refractivity contribution in [2.75, 3.05) is 12.3 Å². The van der Waals surface area contributed by atoms with Crippen molar-refractivity contribution in [3.05, 3.63) is 64.7 Å². The van der Waals surface area contributed by atoms with Crippen LogP contribution in [-0.2, 0) is 4.79 Å². The number of carbonyl (C=O) groups is 1. The number of nitrogens with zero attached hydrogens (tertiary/aromatic N) is 2. The fourth-order valence-corrected chi connectivity index (χ4v) is 4.12. The van der Waals surface area contributed by atoms with E-state index in [1.165, 1.54) is 23.9 Å². The molecular formula is C23H26FN3O2S. The van der Waals surface area contributed by atoms with Crippen LogP contribution in [0.4, 0.5) is 4.39 Å². The first-order chi connectivity index (χ1) is 14.6. The maximum Gasteiger partial charge on any atom is 0.266 e. The Hall–Kier alpha value is -2.67. The highest BCUT2D eigenvalue weighted by Crippen LogP contribution is 2.22. The lowest BCUT2D eigenvalue weighted by Crippen LogP contribution is -2.23. The summed E-state index contributed by atoms with van der Waals surface area (Å²) in [5, 5.41) is 4.00. The molecule has 3 rings (SSSR count). The molecule has 30 heavy (non-hydrogen) atoms. The minimum Gasteiger partial charge on any atom is -0.356 e. The molecule has 1 heterocycles. The number of para-hydroxylation sites is 1. The first-order valence-corrected chi connectivity index (χ1v) is 11.3. The number of aromatic nitrogens is 2. The van der Waals surface area contributed by atoms with Crippen LogP contribution in [0.3, 0.4) is 0 Å². The number of nitrogens with one attached hydrogen (secondary N) is 1. The fourth-order valence-electron chi connectivity index (χ4n) is 3.11. The van der Waals surface area contributed by atoms with E-state index >= 15 is 0 Å². The molecule has 1 amide bonds. The minimum absolute atomic E-state index is 0.103. The zero-order valence-electron chi connectivity index (χ0n) is 17.1. The Bertz CT molecular complexity index is 1050. The van der Waals surface area contributed by atoms with Gasteiger partial charge in [-0.3, -0.25) is 14.2 Å². The predicted molar refractivity (Wildman–Crippen MR) is 120 cm³/mol. The largest absolute Gasteiger partial charge is 0.356 e. The summed E-state index contributed by atoms with van der Waals surface area (Å²) >= 11 is 1.51. The van der Waals surface area contributed by atoms with E-state index < -0.39 is 0 Å². The molecule has 0 aliphatic heterocycles. The number of unbranched alkanes of at least 4 members (excludes halogenated alkanes) is 2. The van der Waals surface area contributed by atoms with Crippen LogP contribution in [0.5, 0.6) is 0 Å². The standard InChI is InChI=1S/C23H26FN3O2S/c1-2-15-25-21(28)10-4-3-7-16-30-23-26-20-9-6-5-8-19(20)22(29)27(23)18-13-11-17(24)12-14-18/h5-6,8-9,11-14H,2-4,7,10,15-16H2,1H3,(H,25,28). The third kappa shape index (κ3) is 5.69. The van der Waals surface area contributed by atoms with Crippen molar-refractivity contribution in [3.8, 4) is 5.69 Å². The maximum atomic E-state index is 13.4. The molecule has 5 nitrogen and oxygen atoms in total. The van der Waals surface area contributed by atoms with E-state index in [2.05, 4.69) is 10.3 Å². The van der Waals surface area contributed by atoms with Crippen molar-refractivity contribution in [2.24, 2.45) is 0 Å². The van der Waals surface area contributed by atoms with E-state index in [0.717, 1.165) is 38.0 Å². The molecule has 0 saturated heterocycles. The van der Waals surface area contributed by atoms with Crippen LogP contribution in [0, 0.1) is 5.82 Å². The van der Waals surface area contributed by atoms with Gasteiger partial charge in [0.2, 0.25) is 5.91 Å². The number of rotatable bonds is 10. The molecule has 0 fully saturated rings. The molecule has 0 aliphatic carbocycles. The third-order valence-corrected chi connectivity index (χ3v) is 5.71. The second-order valence-corrected chi connectivity index (χ2v) is 8.10. The molecule has 1 N–H and O–H groups in total. The van der Waals surface area contributed by atoms with Crippen LogP contribution in [-0.4, -0.2) is 27.8 Å². The van der Waals surface area contributed by atoms with E-state index in [-0.39, 0.29) is 17.3 Å². The van der Waals surface area contributed by atoms with Gasteiger partial charge in [-0.15, -0.1) is 0 Å². The average molecular weight is 428 g/mol. The quantitative estimate of drug-likeness (QED) is 0.289. The summed E-state index contributed by atoms with van der Waals surface area (Å²) in [6.45, 7) is 2.76. The molecule has 0 saturated carbocycles. The van der Waals surface area contributed by atoms with Gasteiger partial charge in [-0.05, 0) is 55.7 Å². The first kappa shape index (κ1) is 22.0. The number of amides is 1. The molecule has 1 aromatic heterocycles. The van der Waals surface area contributed by atoms with Gasteiger partial charge in [-0.25, -0.2) is 9.37 Å². The van der Waals surface area contributed by atoms with Crippen LogP contribution >= 0.6 is 11.8 Å². The molecule has 0 unspecified atom stereocenters. The SMILES string of the molecule is CCCNC(=O)CCCCCSc1nc2ccccc2c(=O)n1-c1ccc(F)cc1. The highest BCUT2D eigenvalue weighted by molar-refractivity contribution is 7.99. The van der Waals surface area contributed by atoms with Crippen LogP contribution in [0.25, 0.3) is 16.6 Å². The van der Waals surface area contributed by atoms with Gasteiger partial charge < -0.3 is 5.32 Å². The molecule has 2 aromatic carbocycles. The third-order valence-electron chi connectivity index (χ3n) is 4.68. The summed E-state index contributed by atoms with van der Waals surface area (Å²) < 4.78 is 14.9. The average Bonchev–Trinajstić information content (AvgIpc) is 2.76. The highest BCUT2D eigenvalue weighted by atomic mass is 32.2. The summed E-state index contributed by atoms with van der Waals surface area (Å²) in [4.78, 5) is 29.4. The zero-order valence-corrected chi connectivity index (χ0v) is 17.9. The lowest BCUT2D eigenvalue weighted by molar-refractivity contribution is -0.121. The maximum absolute atomic E-state index is 13.4. The molecule has 0 spiro atoms. The van der Waals surface area contributed by atoms with Gasteiger partial charge >= 0.3 is 0 Å². The van der Waals surface area contributed by atoms with Gasteiger partial charge in [0.15, 0.2) is 5.16 Å². The van der Waals surface area contributed by atoms with E-state index in [9.17, 15) is 14.0 Å². The van der Waals surface area contributed by atoms with E-state index in [0.29, 0.717) is 28.2 Å².